The molecule has 3 aliphatic rings. The summed E-state index contributed by atoms with van der Waals surface area (Å²) in [5.41, 5.74) is 2.49. The monoisotopic (exact) mass is 452 g/mol. The summed E-state index contributed by atoms with van der Waals surface area (Å²) >= 11 is 1.71. The van der Waals surface area contributed by atoms with Crippen molar-refractivity contribution in [2.24, 2.45) is 5.92 Å². The van der Waals surface area contributed by atoms with E-state index in [1.54, 1.807) is 40.6 Å². The van der Waals surface area contributed by atoms with Crippen molar-refractivity contribution in [2.75, 3.05) is 32.1 Å². The first-order valence-corrected chi connectivity index (χ1v) is 12.1. The first kappa shape index (κ1) is 20.2. The van der Waals surface area contributed by atoms with Gasteiger partial charge in [0.2, 0.25) is 0 Å². The number of likely N-dealkylation sites (tertiary alicyclic amines) is 1. The molecule has 3 aliphatic heterocycles. The zero-order valence-corrected chi connectivity index (χ0v) is 18.5. The SMILES string of the molecule is O=c1ccc2ccc(F)c3c2n1CC3CN1CC[C@H](CNCc2cc3c(cn2)OCS3)C1. The number of fused-ring (bicyclic) bond motifs is 1. The van der Waals surface area contributed by atoms with E-state index in [0.29, 0.717) is 24.0 Å². The number of hydrogen-bond donors (Lipinski definition) is 1. The summed E-state index contributed by atoms with van der Waals surface area (Å²) in [4.78, 5) is 20.4. The fourth-order valence-electron chi connectivity index (χ4n) is 5.33. The molecule has 1 fully saturated rings. The number of nitrogens with one attached hydrogen (secondary N) is 1. The minimum atomic E-state index is -0.192. The second kappa shape index (κ2) is 8.17. The van der Waals surface area contributed by atoms with Gasteiger partial charge in [0.1, 0.15) is 11.8 Å². The molecule has 0 aliphatic carbocycles. The fourth-order valence-corrected chi connectivity index (χ4v) is 6.11. The Morgan fingerprint density at radius 2 is 2.16 bits per heavy atom. The van der Waals surface area contributed by atoms with Gasteiger partial charge in [-0.15, -0.1) is 0 Å². The summed E-state index contributed by atoms with van der Waals surface area (Å²) in [6.45, 7) is 5.05. The van der Waals surface area contributed by atoms with Crippen LogP contribution in [0.2, 0.25) is 0 Å². The molecule has 6 nitrogen and oxygen atoms in total. The van der Waals surface area contributed by atoms with Crippen LogP contribution in [0.5, 0.6) is 5.75 Å². The number of halogens is 1. The third-order valence-electron chi connectivity index (χ3n) is 6.85. The van der Waals surface area contributed by atoms with Gasteiger partial charge in [0.05, 0.1) is 22.3 Å². The minimum absolute atomic E-state index is 0.0239. The predicted octanol–water partition coefficient (Wildman–Crippen LogP) is 3.19. The number of thioether (sulfide) groups is 1. The lowest BCUT2D eigenvalue weighted by Gasteiger charge is -2.21. The highest BCUT2D eigenvalue weighted by Crippen LogP contribution is 2.36. The van der Waals surface area contributed by atoms with Crippen molar-refractivity contribution < 1.29 is 9.13 Å². The van der Waals surface area contributed by atoms with Gasteiger partial charge in [-0.05, 0) is 55.1 Å². The normalized spacial score (nSPS) is 21.9. The van der Waals surface area contributed by atoms with E-state index in [2.05, 4.69) is 21.3 Å². The molecule has 166 valence electrons. The number of rotatable bonds is 6. The number of aromatic nitrogens is 2. The quantitative estimate of drug-likeness (QED) is 0.620. The maximum Gasteiger partial charge on any atom is 0.251 e. The molecule has 32 heavy (non-hydrogen) atoms. The van der Waals surface area contributed by atoms with Gasteiger partial charge in [-0.1, -0.05) is 11.8 Å². The van der Waals surface area contributed by atoms with Crippen molar-refractivity contribution in [1.29, 1.82) is 0 Å². The van der Waals surface area contributed by atoms with Crippen LogP contribution in [0, 0.1) is 11.7 Å². The minimum Gasteiger partial charge on any atom is -0.480 e. The van der Waals surface area contributed by atoms with Crippen LogP contribution in [0.3, 0.4) is 0 Å². The largest absolute Gasteiger partial charge is 0.480 e. The van der Waals surface area contributed by atoms with E-state index >= 15 is 0 Å². The van der Waals surface area contributed by atoms with Crippen LogP contribution < -0.4 is 15.6 Å². The number of hydrogen-bond acceptors (Lipinski definition) is 6. The lowest BCUT2D eigenvalue weighted by molar-refractivity contribution is 0.291. The summed E-state index contributed by atoms with van der Waals surface area (Å²) < 4.78 is 22.0. The van der Waals surface area contributed by atoms with Crippen LogP contribution in [0.4, 0.5) is 4.39 Å². The van der Waals surface area contributed by atoms with E-state index in [0.717, 1.165) is 61.5 Å². The highest BCUT2D eigenvalue weighted by Gasteiger charge is 2.32. The molecule has 0 radical (unpaired) electrons. The van der Waals surface area contributed by atoms with E-state index in [1.807, 2.05) is 6.20 Å². The smallest absolute Gasteiger partial charge is 0.251 e. The summed E-state index contributed by atoms with van der Waals surface area (Å²) in [6, 6.07) is 8.81. The van der Waals surface area contributed by atoms with Crippen molar-refractivity contribution in [3.8, 4) is 5.75 Å². The molecule has 2 aromatic heterocycles. The molecule has 0 bridgehead atoms. The van der Waals surface area contributed by atoms with E-state index in [-0.39, 0.29) is 17.3 Å². The first-order chi connectivity index (χ1) is 15.7. The molecule has 1 saturated heterocycles. The van der Waals surface area contributed by atoms with Crippen molar-refractivity contribution in [3.05, 3.63) is 64.0 Å². The second-order valence-corrected chi connectivity index (χ2v) is 9.92. The standard InChI is InChI=1S/C24H25FN4O2S/c25-19-3-1-16-2-4-22(30)29-13-17(23(19)24(16)29)12-28-6-5-15(11-28)8-26-9-18-7-21-20(10-27-18)31-14-32-21/h1-4,7,10,15,17,26H,5-6,8-9,11-14H2/t15-,17?/m1/s1. The molecule has 1 aromatic carbocycles. The Balaban J connectivity index is 1.06. The molecule has 3 aromatic rings. The average molecular weight is 453 g/mol. The molecule has 6 rings (SSSR count). The molecule has 5 heterocycles. The number of benzene rings is 1. The van der Waals surface area contributed by atoms with Gasteiger partial charge in [0.25, 0.3) is 5.56 Å². The molecule has 8 heteroatoms. The van der Waals surface area contributed by atoms with Gasteiger partial charge in [0, 0.05) is 43.7 Å². The highest BCUT2D eigenvalue weighted by molar-refractivity contribution is 7.99. The molecule has 0 spiro atoms. The summed E-state index contributed by atoms with van der Waals surface area (Å²) in [6.07, 6.45) is 2.94. The van der Waals surface area contributed by atoms with Crippen LogP contribution in [0.1, 0.15) is 23.6 Å². The van der Waals surface area contributed by atoms with E-state index < -0.39 is 0 Å². The van der Waals surface area contributed by atoms with Crippen LogP contribution >= 0.6 is 11.8 Å². The Bertz CT molecular complexity index is 1250. The lowest BCUT2D eigenvalue weighted by atomic mass is 9.98. The second-order valence-electron chi connectivity index (χ2n) is 8.95. The van der Waals surface area contributed by atoms with Crippen LogP contribution in [-0.2, 0) is 13.1 Å². The third-order valence-corrected chi connectivity index (χ3v) is 7.72. The Labute approximate surface area is 189 Å². The van der Waals surface area contributed by atoms with Crippen LogP contribution in [0.25, 0.3) is 10.9 Å². The van der Waals surface area contributed by atoms with Crippen molar-refractivity contribution in [2.45, 2.75) is 30.3 Å². The average Bonchev–Trinajstić information content (AvgIpc) is 3.52. The van der Waals surface area contributed by atoms with Gasteiger partial charge in [-0.25, -0.2) is 4.39 Å². The van der Waals surface area contributed by atoms with E-state index in [9.17, 15) is 9.18 Å². The molecule has 0 amide bonds. The fraction of sp³-hybridized carbons (Fsp3) is 0.417. The van der Waals surface area contributed by atoms with Gasteiger partial charge in [-0.2, -0.15) is 0 Å². The van der Waals surface area contributed by atoms with Gasteiger partial charge >= 0.3 is 0 Å². The van der Waals surface area contributed by atoms with Crippen LogP contribution in [0.15, 0.2) is 46.2 Å². The summed E-state index contributed by atoms with van der Waals surface area (Å²) in [5, 5.41) is 4.49. The molecule has 2 atom stereocenters. The number of pyridine rings is 2. The van der Waals surface area contributed by atoms with Crippen molar-refractivity contribution >= 4 is 22.7 Å². The van der Waals surface area contributed by atoms with E-state index in [1.165, 1.54) is 4.90 Å². The maximum atomic E-state index is 14.7. The molecule has 1 unspecified atom stereocenters. The highest BCUT2D eigenvalue weighted by atomic mass is 32.2. The zero-order chi connectivity index (χ0) is 21.7. The Kier molecular flexibility index (Phi) is 5.16. The van der Waals surface area contributed by atoms with Gasteiger partial charge < -0.3 is 19.5 Å². The van der Waals surface area contributed by atoms with Gasteiger partial charge in [-0.3, -0.25) is 9.78 Å². The summed E-state index contributed by atoms with van der Waals surface area (Å²) in [5.74, 6) is 1.95. The van der Waals surface area contributed by atoms with Crippen LogP contribution in [-0.4, -0.2) is 46.6 Å². The molecular formula is C24H25FN4O2S. The first-order valence-electron chi connectivity index (χ1n) is 11.2. The Hall–Kier alpha value is -2.42. The Morgan fingerprint density at radius 3 is 3.09 bits per heavy atom. The topological polar surface area (TPSA) is 59.4 Å². The zero-order valence-electron chi connectivity index (χ0n) is 17.7. The van der Waals surface area contributed by atoms with Crippen molar-refractivity contribution in [1.82, 2.24) is 19.8 Å². The van der Waals surface area contributed by atoms with E-state index in [4.69, 9.17) is 4.74 Å². The number of nitrogens with zero attached hydrogens (tertiary/aromatic N) is 3. The van der Waals surface area contributed by atoms with Crippen molar-refractivity contribution in [3.63, 3.8) is 0 Å². The third kappa shape index (κ3) is 3.60. The molecule has 0 saturated carbocycles. The Morgan fingerprint density at radius 1 is 1.25 bits per heavy atom. The number of ether oxygens (including phenoxy) is 1. The lowest BCUT2D eigenvalue weighted by Crippen LogP contribution is -2.30. The van der Waals surface area contributed by atoms with Gasteiger partial charge in [0.15, 0.2) is 5.75 Å². The predicted molar refractivity (Wildman–Crippen MR) is 123 cm³/mol. The molecular weight excluding hydrogens is 427 g/mol. The molecule has 1 N–H and O–H groups in total. The maximum absolute atomic E-state index is 14.7. The summed E-state index contributed by atoms with van der Waals surface area (Å²) in [7, 11) is 0.